The molecule has 0 aliphatic carbocycles. The minimum absolute atomic E-state index is 0.616. The van der Waals surface area contributed by atoms with Gasteiger partial charge in [0.05, 0.1) is 6.61 Å². The third kappa shape index (κ3) is 3.25. The van der Waals surface area contributed by atoms with E-state index in [1.807, 2.05) is 7.05 Å². The third-order valence-electron chi connectivity index (χ3n) is 4.20. The van der Waals surface area contributed by atoms with Gasteiger partial charge in [0.25, 0.3) is 0 Å². The standard InChI is InChI=1S/C17H23N3OS/c1-18-17(20-8-7-13(10-20)11-21-2)19-9-14-12-22-16-6-4-3-5-15(14)16/h3-6,12-13H,7-11H2,1-2H3,(H,18,19). The Balaban J connectivity index is 1.62. The minimum atomic E-state index is 0.616. The van der Waals surface area contributed by atoms with Crippen molar-refractivity contribution < 1.29 is 4.74 Å². The zero-order chi connectivity index (χ0) is 15.4. The molecule has 1 unspecified atom stereocenters. The quantitative estimate of drug-likeness (QED) is 0.696. The lowest BCUT2D eigenvalue weighted by atomic mass is 10.1. The van der Waals surface area contributed by atoms with E-state index >= 15 is 0 Å². The lowest BCUT2D eigenvalue weighted by molar-refractivity contribution is 0.157. The second-order valence-corrected chi connectivity index (χ2v) is 6.63. The average molecular weight is 317 g/mol. The highest BCUT2D eigenvalue weighted by Crippen LogP contribution is 2.25. The van der Waals surface area contributed by atoms with Gasteiger partial charge in [-0.15, -0.1) is 11.3 Å². The molecular formula is C17H23N3OS. The van der Waals surface area contributed by atoms with E-state index in [-0.39, 0.29) is 0 Å². The van der Waals surface area contributed by atoms with Gasteiger partial charge in [-0.25, -0.2) is 0 Å². The summed E-state index contributed by atoms with van der Waals surface area (Å²) in [5.74, 6) is 1.61. The third-order valence-corrected chi connectivity index (χ3v) is 5.21. The smallest absolute Gasteiger partial charge is 0.193 e. The number of hydrogen-bond acceptors (Lipinski definition) is 3. The number of benzene rings is 1. The Morgan fingerprint density at radius 2 is 2.32 bits per heavy atom. The summed E-state index contributed by atoms with van der Waals surface area (Å²) in [5, 5.41) is 7.09. The van der Waals surface area contributed by atoms with Crippen LogP contribution in [0.4, 0.5) is 0 Å². The van der Waals surface area contributed by atoms with Gasteiger partial charge in [0, 0.05) is 44.4 Å². The Labute approximate surface area is 135 Å². The predicted molar refractivity (Wildman–Crippen MR) is 93.6 cm³/mol. The van der Waals surface area contributed by atoms with Crippen molar-refractivity contribution in [2.45, 2.75) is 13.0 Å². The van der Waals surface area contributed by atoms with Crippen LogP contribution in [0.3, 0.4) is 0 Å². The van der Waals surface area contributed by atoms with E-state index in [0.29, 0.717) is 5.92 Å². The molecule has 22 heavy (non-hydrogen) atoms. The molecule has 1 N–H and O–H groups in total. The van der Waals surface area contributed by atoms with Crippen molar-refractivity contribution in [3.63, 3.8) is 0 Å². The van der Waals surface area contributed by atoms with Gasteiger partial charge >= 0.3 is 0 Å². The Bertz CT molecular complexity index is 652. The van der Waals surface area contributed by atoms with Crippen molar-refractivity contribution >= 4 is 27.4 Å². The molecule has 4 nitrogen and oxygen atoms in total. The lowest BCUT2D eigenvalue weighted by Crippen LogP contribution is -2.39. The zero-order valence-corrected chi connectivity index (χ0v) is 14.0. The van der Waals surface area contributed by atoms with Crippen LogP contribution in [0.2, 0.25) is 0 Å². The summed E-state index contributed by atoms with van der Waals surface area (Å²) in [5.41, 5.74) is 1.34. The molecule has 1 aliphatic rings. The van der Waals surface area contributed by atoms with E-state index in [0.717, 1.165) is 32.2 Å². The number of nitrogens with zero attached hydrogens (tertiary/aromatic N) is 2. The highest BCUT2D eigenvalue weighted by Gasteiger charge is 2.24. The van der Waals surface area contributed by atoms with Crippen molar-refractivity contribution in [1.29, 1.82) is 0 Å². The van der Waals surface area contributed by atoms with Crippen LogP contribution in [0.5, 0.6) is 0 Å². The van der Waals surface area contributed by atoms with Gasteiger partial charge in [-0.1, -0.05) is 18.2 Å². The molecule has 0 radical (unpaired) electrons. The van der Waals surface area contributed by atoms with E-state index in [2.05, 4.69) is 44.9 Å². The summed E-state index contributed by atoms with van der Waals surface area (Å²) in [7, 11) is 3.63. The number of methoxy groups -OCH3 is 1. The summed E-state index contributed by atoms with van der Waals surface area (Å²) < 4.78 is 6.61. The van der Waals surface area contributed by atoms with E-state index < -0.39 is 0 Å². The highest BCUT2D eigenvalue weighted by molar-refractivity contribution is 7.17. The van der Waals surface area contributed by atoms with Gasteiger partial charge in [-0.3, -0.25) is 4.99 Å². The van der Waals surface area contributed by atoms with Crippen molar-refractivity contribution in [2.75, 3.05) is 33.9 Å². The molecule has 3 rings (SSSR count). The summed E-state index contributed by atoms with van der Waals surface area (Å²) in [6.07, 6.45) is 1.18. The summed E-state index contributed by atoms with van der Waals surface area (Å²) in [6.45, 7) is 3.74. The van der Waals surface area contributed by atoms with Crippen LogP contribution in [0.15, 0.2) is 34.6 Å². The second kappa shape index (κ2) is 7.11. The first-order valence-corrected chi connectivity index (χ1v) is 8.59. The first-order valence-electron chi connectivity index (χ1n) is 7.71. The number of fused-ring (bicyclic) bond motifs is 1. The fourth-order valence-corrected chi connectivity index (χ4v) is 4.04. The number of likely N-dealkylation sites (tertiary alicyclic amines) is 1. The molecule has 118 valence electrons. The zero-order valence-electron chi connectivity index (χ0n) is 13.2. The number of rotatable bonds is 4. The van der Waals surface area contributed by atoms with Crippen molar-refractivity contribution in [3.05, 3.63) is 35.2 Å². The molecule has 0 amide bonds. The molecule has 5 heteroatoms. The number of aliphatic imine (C=N–C) groups is 1. The molecule has 1 fully saturated rings. The fraction of sp³-hybridized carbons (Fsp3) is 0.471. The monoisotopic (exact) mass is 317 g/mol. The van der Waals surface area contributed by atoms with Crippen LogP contribution in [0, 0.1) is 5.92 Å². The van der Waals surface area contributed by atoms with Crippen LogP contribution in [0.1, 0.15) is 12.0 Å². The van der Waals surface area contributed by atoms with Crippen LogP contribution in [-0.4, -0.2) is 44.7 Å². The molecule has 1 atom stereocenters. The van der Waals surface area contributed by atoms with Gasteiger partial charge < -0.3 is 15.0 Å². The molecule has 1 aromatic heterocycles. The number of ether oxygens (including phenoxy) is 1. The maximum absolute atomic E-state index is 5.27. The Kier molecular flexibility index (Phi) is 4.95. The van der Waals surface area contributed by atoms with E-state index in [4.69, 9.17) is 4.74 Å². The Morgan fingerprint density at radius 3 is 3.14 bits per heavy atom. The van der Waals surface area contributed by atoms with E-state index in [1.54, 1.807) is 18.4 Å². The number of guanidine groups is 1. The average Bonchev–Trinajstić information content (AvgIpc) is 3.16. The van der Waals surface area contributed by atoms with Crippen molar-refractivity contribution in [1.82, 2.24) is 10.2 Å². The molecule has 0 bridgehead atoms. The van der Waals surface area contributed by atoms with Gasteiger partial charge in [-0.05, 0) is 28.8 Å². The maximum atomic E-state index is 5.27. The molecule has 2 heterocycles. The molecule has 1 aliphatic heterocycles. The molecule has 0 saturated carbocycles. The van der Waals surface area contributed by atoms with Gasteiger partial charge in [-0.2, -0.15) is 0 Å². The molecule has 2 aromatic rings. The number of hydrogen-bond donors (Lipinski definition) is 1. The highest BCUT2D eigenvalue weighted by atomic mass is 32.1. The van der Waals surface area contributed by atoms with Crippen molar-refractivity contribution in [2.24, 2.45) is 10.9 Å². The van der Waals surface area contributed by atoms with E-state index in [1.165, 1.54) is 22.1 Å². The topological polar surface area (TPSA) is 36.9 Å². The Morgan fingerprint density at radius 1 is 1.45 bits per heavy atom. The Hall–Kier alpha value is -1.59. The number of nitrogens with one attached hydrogen (secondary N) is 1. The van der Waals surface area contributed by atoms with Gasteiger partial charge in [0.2, 0.25) is 0 Å². The van der Waals surface area contributed by atoms with E-state index in [9.17, 15) is 0 Å². The van der Waals surface area contributed by atoms with Crippen molar-refractivity contribution in [3.8, 4) is 0 Å². The van der Waals surface area contributed by atoms with Crippen LogP contribution < -0.4 is 5.32 Å². The van der Waals surface area contributed by atoms with Crippen LogP contribution in [-0.2, 0) is 11.3 Å². The summed E-state index contributed by atoms with van der Waals surface area (Å²) in [4.78, 5) is 6.77. The molecule has 1 aromatic carbocycles. The van der Waals surface area contributed by atoms with Crippen LogP contribution >= 0.6 is 11.3 Å². The first kappa shape index (κ1) is 15.3. The second-order valence-electron chi connectivity index (χ2n) is 5.71. The fourth-order valence-electron chi connectivity index (χ4n) is 3.07. The van der Waals surface area contributed by atoms with Gasteiger partial charge in [0.15, 0.2) is 5.96 Å². The molecular weight excluding hydrogens is 294 g/mol. The summed E-state index contributed by atoms with van der Waals surface area (Å²) >= 11 is 1.80. The summed E-state index contributed by atoms with van der Waals surface area (Å²) in [6, 6.07) is 8.56. The predicted octanol–water partition coefficient (Wildman–Crippen LogP) is 2.95. The van der Waals surface area contributed by atoms with Gasteiger partial charge in [0.1, 0.15) is 0 Å². The first-order chi connectivity index (χ1) is 10.8. The normalized spacial score (nSPS) is 19.1. The minimum Gasteiger partial charge on any atom is -0.384 e. The van der Waals surface area contributed by atoms with Crippen LogP contribution in [0.25, 0.3) is 10.1 Å². The largest absolute Gasteiger partial charge is 0.384 e. The lowest BCUT2D eigenvalue weighted by Gasteiger charge is -2.21. The number of thiophene rings is 1. The maximum Gasteiger partial charge on any atom is 0.193 e. The molecule has 0 spiro atoms. The molecule has 1 saturated heterocycles. The SMILES string of the molecule is CN=C(NCc1csc2ccccc12)N1CCC(COC)C1.